The minimum Gasteiger partial charge on any atom is -0.309 e. The molecule has 11 heavy (non-hydrogen) atoms. The van der Waals surface area contributed by atoms with Crippen LogP contribution in [-0.2, 0) is 4.79 Å². The second-order valence-electron chi connectivity index (χ2n) is 2.62. The van der Waals surface area contributed by atoms with Gasteiger partial charge in [0.25, 0.3) is 0 Å². The van der Waals surface area contributed by atoms with Gasteiger partial charge in [-0.3, -0.25) is 4.79 Å². The summed E-state index contributed by atoms with van der Waals surface area (Å²) in [6.07, 6.45) is 2.58. The number of rotatable bonds is 1. The molecule has 0 aromatic rings. The van der Waals surface area contributed by atoms with E-state index in [0.717, 1.165) is 25.1 Å². The van der Waals surface area contributed by atoms with Gasteiger partial charge >= 0.3 is 0 Å². The van der Waals surface area contributed by atoms with Crippen molar-refractivity contribution >= 4 is 5.91 Å². The van der Waals surface area contributed by atoms with Crippen LogP contribution < -0.4 is 0 Å². The van der Waals surface area contributed by atoms with Gasteiger partial charge in [0.05, 0.1) is 5.70 Å². The zero-order chi connectivity index (χ0) is 8.27. The van der Waals surface area contributed by atoms with E-state index in [0.29, 0.717) is 6.42 Å². The molecule has 2 heteroatoms. The highest BCUT2D eigenvalue weighted by Crippen LogP contribution is 2.19. The van der Waals surface area contributed by atoms with Gasteiger partial charge in [0.2, 0.25) is 5.91 Å². The molecule has 60 valence electrons. The van der Waals surface area contributed by atoms with E-state index in [1.54, 1.807) is 4.90 Å². The third-order valence-electron chi connectivity index (χ3n) is 1.95. The van der Waals surface area contributed by atoms with Crippen LogP contribution in [-0.4, -0.2) is 17.4 Å². The molecule has 1 rings (SSSR count). The monoisotopic (exact) mass is 151 g/mol. The lowest BCUT2D eigenvalue weighted by Crippen LogP contribution is -2.32. The molecule has 0 saturated carbocycles. The van der Waals surface area contributed by atoms with Crippen LogP contribution in [0, 0.1) is 0 Å². The fourth-order valence-corrected chi connectivity index (χ4v) is 1.38. The van der Waals surface area contributed by atoms with E-state index in [-0.39, 0.29) is 5.91 Å². The number of piperidine rings is 1. The molecular formula is C9H13NO. The summed E-state index contributed by atoms with van der Waals surface area (Å²) >= 11 is 0. The average Bonchev–Trinajstić information content (AvgIpc) is 2.04. The Kier molecular flexibility index (Phi) is 2.50. The van der Waals surface area contributed by atoms with Crippen LogP contribution in [0.3, 0.4) is 0 Å². The summed E-state index contributed by atoms with van der Waals surface area (Å²) in [4.78, 5) is 13.0. The molecule has 0 unspecified atom stereocenters. The van der Waals surface area contributed by atoms with Crippen molar-refractivity contribution in [3.05, 3.63) is 18.0 Å². The van der Waals surface area contributed by atoms with E-state index in [1.165, 1.54) is 0 Å². The van der Waals surface area contributed by atoms with Gasteiger partial charge in [0, 0.05) is 13.0 Å². The van der Waals surface area contributed by atoms with Gasteiger partial charge < -0.3 is 4.90 Å². The Morgan fingerprint density at radius 1 is 1.64 bits per heavy atom. The maximum absolute atomic E-state index is 11.2. The number of hydrogen-bond acceptors (Lipinski definition) is 1. The Morgan fingerprint density at radius 3 is 2.82 bits per heavy atom. The fourth-order valence-electron chi connectivity index (χ4n) is 1.38. The number of hydrogen-bond donors (Lipinski definition) is 0. The summed E-state index contributed by atoms with van der Waals surface area (Å²) in [5.74, 6) is 0.213. The van der Waals surface area contributed by atoms with Gasteiger partial charge in [-0.05, 0) is 19.8 Å². The predicted molar refractivity (Wildman–Crippen MR) is 43.9 cm³/mol. The summed E-state index contributed by atoms with van der Waals surface area (Å²) in [6, 6.07) is 0. The average molecular weight is 151 g/mol. The van der Waals surface area contributed by atoms with Gasteiger partial charge in [-0.1, -0.05) is 6.58 Å². The molecule has 0 radical (unpaired) electrons. The molecule has 0 spiro atoms. The van der Waals surface area contributed by atoms with Crippen molar-refractivity contribution in [2.75, 3.05) is 6.54 Å². The Hall–Kier alpha value is -1.01. The van der Waals surface area contributed by atoms with Crippen LogP contribution in [0.15, 0.2) is 18.0 Å². The molecule has 2 nitrogen and oxygen atoms in total. The van der Waals surface area contributed by atoms with Crippen LogP contribution in [0.25, 0.3) is 0 Å². The summed E-state index contributed by atoms with van der Waals surface area (Å²) in [5.41, 5.74) is 3.77. The van der Waals surface area contributed by atoms with E-state index in [4.69, 9.17) is 0 Å². The molecule has 0 N–H and O–H groups in total. The molecule has 0 bridgehead atoms. The zero-order valence-corrected chi connectivity index (χ0v) is 6.89. The second-order valence-corrected chi connectivity index (χ2v) is 2.62. The number of nitrogens with zero attached hydrogens (tertiary/aromatic N) is 1. The largest absolute Gasteiger partial charge is 0.309 e. The van der Waals surface area contributed by atoms with E-state index >= 15 is 0 Å². The molecule has 1 amide bonds. The van der Waals surface area contributed by atoms with Crippen molar-refractivity contribution in [2.24, 2.45) is 0 Å². The lowest BCUT2D eigenvalue weighted by molar-refractivity contribution is -0.130. The van der Waals surface area contributed by atoms with Crippen molar-refractivity contribution < 1.29 is 4.79 Å². The first-order valence-electron chi connectivity index (χ1n) is 3.99. The molecule has 1 saturated heterocycles. The smallest absolute Gasteiger partial charge is 0.227 e. The number of allylic oxidation sites excluding steroid dienone is 1. The quantitative estimate of drug-likeness (QED) is 0.522. The normalized spacial score (nSPS) is 18.5. The summed E-state index contributed by atoms with van der Waals surface area (Å²) in [6.45, 7) is 6.28. The number of likely N-dealkylation sites (tertiary alicyclic amines) is 1. The van der Waals surface area contributed by atoms with Gasteiger partial charge in [-0.2, -0.15) is 0 Å². The molecule has 0 aromatic heterocycles. The first-order valence-corrected chi connectivity index (χ1v) is 3.99. The molecule has 1 aliphatic heterocycles. The number of carbonyl (C=O) groups excluding carboxylic acids is 1. The highest BCUT2D eigenvalue weighted by atomic mass is 16.2. The predicted octanol–water partition coefficient (Wildman–Crippen LogP) is 1.69. The number of amides is 1. The highest BCUT2D eigenvalue weighted by Gasteiger charge is 2.20. The van der Waals surface area contributed by atoms with Gasteiger partial charge in [0.15, 0.2) is 0 Å². The topological polar surface area (TPSA) is 20.3 Å². The van der Waals surface area contributed by atoms with E-state index in [9.17, 15) is 4.79 Å². The third kappa shape index (κ3) is 1.52. The highest BCUT2D eigenvalue weighted by molar-refractivity contribution is 5.79. The molecule has 0 aliphatic carbocycles. The standard InChI is InChI=1S/C9H13NO/c1-3-8-6-5-7-9(11)10(8)4-2/h1,4-7H2,2H3. The van der Waals surface area contributed by atoms with Crippen LogP contribution in [0.1, 0.15) is 26.2 Å². The van der Waals surface area contributed by atoms with E-state index in [2.05, 4.69) is 12.3 Å². The lowest BCUT2D eigenvalue weighted by Gasteiger charge is -2.26. The molecule has 1 heterocycles. The van der Waals surface area contributed by atoms with E-state index in [1.807, 2.05) is 6.92 Å². The maximum atomic E-state index is 11.2. The minimum absolute atomic E-state index is 0.213. The second kappa shape index (κ2) is 3.40. The van der Waals surface area contributed by atoms with Crippen molar-refractivity contribution in [3.8, 4) is 0 Å². The first kappa shape index (κ1) is 8.09. The van der Waals surface area contributed by atoms with Crippen molar-refractivity contribution in [1.29, 1.82) is 0 Å². The van der Waals surface area contributed by atoms with Gasteiger partial charge in [-0.25, -0.2) is 0 Å². The van der Waals surface area contributed by atoms with E-state index < -0.39 is 0 Å². The summed E-state index contributed by atoms with van der Waals surface area (Å²) < 4.78 is 0. The molecular weight excluding hydrogens is 138 g/mol. The molecule has 1 aliphatic rings. The van der Waals surface area contributed by atoms with Crippen LogP contribution >= 0.6 is 0 Å². The SMILES string of the molecule is C=C=C1CCCC(=O)N1CC. The minimum atomic E-state index is 0.213. The van der Waals surface area contributed by atoms with Crippen molar-refractivity contribution in [2.45, 2.75) is 26.2 Å². The third-order valence-corrected chi connectivity index (χ3v) is 1.95. The summed E-state index contributed by atoms with van der Waals surface area (Å²) in [7, 11) is 0. The Balaban J connectivity index is 2.80. The van der Waals surface area contributed by atoms with Crippen LogP contribution in [0.2, 0.25) is 0 Å². The van der Waals surface area contributed by atoms with Gasteiger partial charge in [-0.15, -0.1) is 5.73 Å². The molecule has 0 aromatic carbocycles. The van der Waals surface area contributed by atoms with Gasteiger partial charge in [0.1, 0.15) is 0 Å². The lowest BCUT2D eigenvalue weighted by atomic mass is 10.1. The van der Waals surface area contributed by atoms with Crippen LogP contribution in [0.4, 0.5) is 0 Å². The van der Waals surface area contributed by atoms with Crippen molar-refractivity contribution in [3.63, 3.8) is 0 Å². The van der Waals surface area contributed by atoms with Crippen molar-refractivity contribution in [1.82, 2.24) is 4.90 Å². The fraction of sp³-hybridized carbons (Fsp3) is 0.556. The summed E-state index contributed by atoms with van der Waals surface area (Å²) in [5, 5.41) is 0. The molecule has 1 fully saturated rings. The Labute approximate surface area is 67.2 Å². The number of carbonyl (C=O) groups is 1. The Bertz CT molecular complexity index is 214. The Morgan fingerprint density at radius 2 is 2.36 bits per heavy atom. The maximum Gasteiger partial charge on any atom is 0.227 e. The first-order chi connectivity index (χ1) is 5.29. The van der Waals surface area contributed by atoms with Crippen LogP contribution in [0.5, 0.6) is 0 Å². The molecule has 0 atom stereocenters. The zero-order valence-electron chi connectivity index (χ0n) is 6.89.